The molecular formula is C23H32N4O2. The van der Waals surface area contributed by atoms with E-state index < -0.39 is 0 Å². The van der Waals surface area contributed by atoms with Gasteiger partial charge in [-0.15, -0.1) is 0 Å². The largest absolute Gasteiger partial charge is 0.507 e. The lowest BCUT2D eigenvalue weighted by atomic mass is 9.86. The SMILES string of the molecule is C[C@H](CN1CCC1)c1c(C2CCOCC2)[nH]c(N)c1/C=C(\N)c1ccccc1O. The zero-order valence-electron chi connectivity index (χ0n) is 17.2. The third-order valence-electron chi connectivity index (χ3n) is 6.26. The summed E-state index contributed by atoms with van der Waals surface area (Å²) in [6.45, 7) is 7.20. The van der Waals surface area contributed by atoms with Crippen molar-refractivity contribution in [3.8, 4) is 5.75 Å². The number of phenols is 1. The van der Waals surface area contributed by atoms with Gasteiger partial charge >= 0.3 is 0 Å². The van der Waals surface area contributed by atoms with E-state index in [4.69, 9.17) is 16.2 Å². The van der Waals surface area contributed by atoms with Crippen LogP contribution in [0.3, 0.4) is 0 Å². The quantitative estimate of drug-likeness (QED) is 0.599. The van der Waals surface area contributed by atoms with Gasteiger partial charge in [0.25, 0.3) is 0 Å². The lowest BCUT2D eigenvalue weighted by molar-refractivity contribution is 0.0842. The summed E-state index contributed by atoms with van der Waals surface area (Å²) in [7, 11) is 0. The molecule has 1 aromatic carbocycles. The van der Waals surface area contributed by atoms with Gasteiger partial charge in [0.1, 0.15) is 11.6 Å². The molecule has 0 unspecified atom stereocenters. The van der Waals surface area contributed by atoms with Crippen LogP contribution in [0.1, 0.15) is 60.4 Å². The Hall–Kier alpha value is -2.44. The van der Waals surface area contributed by atoms with Gasteiger partial charge in [0.05, 0.1) is 0 Å². The van der Waals surface area contributed by atoms with E-state index in [9.17, 15) is 5.11 Å². The Labute approximate surface area is 172 Å². The average Bonchev–Trinajstić information content (AvgIpc) is 3.02. The predicted molar refractivity (Wildman–Crippen MR) is 118 cm³/mol. The summed E-state index contributed by atoms with van der Waals surface area (Å²) in [5.41, 5.74) is 17.5. The third-order valence-corrected chi connectivity index (χ3v) is 6.26. The summed E-state index contributed by atoms with van der Waals surface area (Å²) in [5, 5.41) is 10.2. The first kappa shape index (κ1) is 19.9. The molecule has 4 rings (SSSR count). The number of hydrogen-bond donors (Lipinski definition) is 4. The molecule has 2 aliphatic heterocycles. The molecule has 0 aliphatic carbocycles. The summed E-state index contributed by atoms with van der Waals surface area (Å²) in [6, 6.07) is 7.14. The van der Waals surface area contributed by atoms with Crippen LogP contribution in [0.4, 0.5) is 5.82 Å². The van der Waals surface area contributed by atoms with Gasteiger partial charge in [-0.05, 0) is 62.0 Å². The number of nitrogens with zero attached hydrogens (tertiary/aromatic N) is 1. The molecule has 2 fully saturated rings. The molecule has 1 aromatic heterocycles. The van der Waals surface area contributed by atoms with Crippen molar-refractivity contribution in [3.05, 3.63) is 46.6 Å². The fourth-order valence-electron chi connectivity index (χ4n) is 4.56. The van der Waals surface area contributed by atoms with Gasteiger partial charge in [0.2, 0.25) is 0 Å². The van der Waals surface area contributed by atoms with Gasteiger partial charge in [-0.1, -0.05) is 19.1 Å². The number of aromatic hydroxyl groups is 1. The van der Waals surface area contributed by atoms with Crippen LogP contribution in [-0.2, 0) is 4.74 Å². The molecule has 2 saturated heterocycles. The number of ether oxygens (including phenoxy) is 1. The fourth-order valence-corrected chi connectivity index (χ4v) is 4.56. The Morgan fingerprint density at radius 3 is 2.69 bits per heavy atom. The summed E-state index contributed by atoms with van der Waals surface area (Å²) in [5.74, 6) is 1.59. The second kappa shape index (κ2) is 8.51. The first-order chi connectivity index (χ1) is 14.0. The van der Waals surface area contributed by atoms with Crippen LogP contribution in [0, 0.1) is 0 Å². The van der Waals surface area contributed by atoms with Crippen LogP contribution in [0.25, 0.3) is 11.8 Å². The number of hydrogen-bond acceptors (Lipinski definition) is 5. The summed E-state index contributed by atoms with van der Waals surface area (Å²) < 4.78 is 5.57. The normalized spacial score (nSPS) is 19.8. The number of anilines is 1. The molecule has 0 spiro atoms. The summed E-state index contributed by atoms with van der Waals surface area (Å²) in [6.07, 6.45) is 5.20. The number of rotatable bonds is 6. The summed E-state index contributed by atoms with van der Waals surface area (Å²) in [4.78, 5) is 5.97. The molecule has 6 heteroatoms. The topological polar surface area (TPSA) is 101 Å². The van der Waals surface area contributed by atoms with E-state index in [0.29, 0.717) is 28.9 Å². The third kappa shape index (κ3) is 4.14. The minimum atomic E-state index is 0.176. The molecule has 6 N–H and O–H groups in total. The smallest absolute Gasteiger partial charge is 0.124 e. The second-order valence-electron chi connectivity index (χ2n) is 8.34. The molecule has 156 valence electrons. The number of nitrogen functional groups attached to an aromatic ring is 1. The second-order valence-corrected chi connectivity index (χ2v) is 8.34. The van der Waals surface area contributed by atoms with Crippen molar-refractivity contribution in [1.29, 1.82) is 0 Å². The van der Waals surface area contributed by atoms with Crippen LogP contribution < -0.4 is 11.5 Å². The maximum absolute atomic E-state index is 10.2. The molecule has 2 aromatic rings. The van der Waals surface area contributed by atoms with Crippen molar-refractivity contribution in [2.24, 2.45) is 5.73 Å². The van der Waals surface area contributed by atoms with Gasteiger partial charge in [0, 0.05) is 48.2 Å². The molecule has 29 heavy (non-hydrogen) atoms. The number of aromatic amines is 1. The standard InChI is InChI=1S/C23H32N4O2/c1-15(14-27-9-4-10-27)21-18(13-19(24)17-5-2-3-6-20(17)28)23(25)26-22(21)16-7-11-29-12-8-16/h2-3,5-6,13,15-16,26,28H,4,7-12,14,24-25H2,1H3/b19-13-/t15-/m1/s1. The van der Waals surface area contributed by atoms with Crippen molar-refractivity contribution in [2.45, 2.75) is 38.0 Å². The van der Waals surface area contributed by atoms with Gasteiger partial charge < -0.3 is 31.2 Å². The highest BCUT2D eigenvalue weighted by Gasteiger charge is 2.28. The Bertz CT molecular complexity index is 879. The lowest BCUT2D eigenvalue weighted by Gasteiger charge is -2.34. The molecule has 3 heterocycles. The van der Waals surface area contributed by atoms with E-state index in [1.54, 1.807) is 12.1 Å². The Kier molecular flexibility index (Phi) is 5.83. The number of nitrogens with two attached hydrogens (primary N) is 2. The number of aromatic nitrogens is 1. The van der Waals surface area contributed by atoms with Crippen LogP contribution >= 0.6 is 0 Å². The molecule has 0 bridgehead atoms. The maximum atomic E-state index is 10.2. The number of likely N-dealkylation sites (tertiary alicyclic amines) is 1. The highest BCUT2D eigenvalue weighted by atomic mass is 16.5. The molecule has 2 aliphatic rings. The molecule has 1 atom stereocenters. The first-order valence-electron chi connectivity index (χ1n) is 10.6. The highest BCUT2D eigenvalue weighted by Crippen LogP contribution is 2.39. The molecule has 0 saturated carbocycles. The van der Waals surface area contributed by atoms with Crippen LogP contribution in [0.5, 0.6) is 5.75 Å². The fraction of sp³-hybridized carbons (Fsp3) is 0.478. The van der Waals surface area contributed by atoms with E-state index in [0.717, 1.165) is 38.2 Å². The van der Waals surface area contributed by atoms with Crippen molar-refractivity contribution in [1.82, 2.24) is 9.88 Å². The zero-order valence-corrected chi connectivity index (χ0v) is 17.2. The number of para-hydroxylation sites is 1. The minimum Gasteiger partial charge on any atom is -0.507 e. The maximum Gasteiger partial charge on any atom is 0.124 e. The van der Waals surface area contributed by atoms with E-state index in [-0.39, 0.29) is 5.75 Å². The average molecular weight is 397 g/mol. The van der Waals surface area contributed by atoms with E-state index in [1.807, 2.05) is 18.2 Å². The van der Waals surface area contributed by atoms with Gasteiger partial charge in [0.15, 0.2) is 0 Å². The van der Waals surface area contributed by atoms with Crippen LogP contribution in [0.15, 0.2) is 24.3 Å². The van der Waals surface area contributed by atoms with E-state index in [2.05, 4.69) is 16.8 Å². The lowest BCUT2D eigenvalue weighted by Crippen LogP contribution is -2.39. The van der Waals surface area contributed by atoms with Gasteiger partial charge in [-0.25, -0.2) is 0 Å². The number of phenolic OH excluding ortho intramolecular Hbond substituents is 1. The molecule has 6 nitrogen and oxygen atoms in total. The van der Waals surface area contributed by atoms with E-state index >= 15 is 0 Å². The Morgan fingerprint density at radius 1 is 1.31 bits per heavy atom. The van der Waals surface area contributed by atoms with Crippen molar-refractivity contribution in [2.75, 3.05) is 38.6 Å². The van der Waals surface area contributed by atoms with Gasteiger partial charge in [-0.3, -0.25) is 0 Å². The highest BCUT2D eigenvalue weighted by molar-refractivity contribution is 5.86. The van der Waals surface area contributed by atoms with E-state index in [1.165, 1.54) is 30.8 Å². The molecule has 0 radical (unpaired) electrons. The first-order valence-corrected chi connectivity index (χ1v) is 10.6. The number of benzene rings is 1. The zero-order chi connectivity index (χ0) is 20.4. The van der Waals surface area contributed by atoms with Crippen LogP contribution in [-0.4, -0.2) is 47.8 Å². The Balaban J connectivity index is 1.74. The number of nitrogens with one attached hydrogen (secondary N) is 1. The molecular weight excluding hydrogens is 364 g/mol. The van der Waals surface area contributed by atoms with Crippen molar-refractivity contribution >= 4 is 17.6 Å². The van der Waals surface area contributed by atoms with Crippen molar-refractivity contribution < 1.29 is 9.84 Å². The number of H-pyrrole nitrogens is 1. The minimum absolute atomic E-state index is 0.176. The summed E-state index contributed by atoms with van der Waals surface area (Å²) >= 11 is 0. The van der Waals surface area contributed by atoms with Crippen LogP contribution in [0.2, 0.25) is 0 Å². The Morgan fingerprint density at radius 2 is 2.03 bits per heavy atom. The predicted octanol–water partition coefficient (Wildman–Crippen LogP) is 3.46. The van der Waals surface area contributed by atoms with Gasteiger partial charge in [-0.2, -0.15) is 0 Å². The van der Waals surface area contributed by atoms with Crippen molar-refractivity contribution in [3.63, 3.8) is 0 Å². The monoisotopic (exact) mass is 396 g/mol. The molecule has 0 amide bonds.